The van der Waals surface area contributed by atoms with Gasteiger partial charge >= 0.3 is 0 Å². The minimum atomic E-state index is -1.30. The van der Waals surface area contributed by atoms with Crippen molar-refractivity contribution in [2.75, 3.05) is 20.8 Å². The van der Waals surface area contributed by atoms with Gasteiger partial charge in [0.15, 0.2) is 0 Å². The Morgan fingerprint density at radius 3 is 1.77 bits per heavy atom. The number of likely N-dealkylation sites (tertiary alicyclic amines) is 1. The number of ether oxygens (including phenoxy) is 5. The Bertz CT molecular complexity index is 1500. The molecule has 5 rings (SSSR count). The number of benzene rings is 4. The molecule has 47 heavy (non-hydrogen) atoms. The topological polar surface area (TPSA) is 107 Å². The van der Waals surface area contributed by atoms with Crippen molar-refractivity contribution in [2.45, 2.75) is 63.2 Å². The van der Waals surface area contributed by atoms with E-state index in [1.165, 1.54) is 4.90 Å². The van der Waals surface area contributed by atoms with Crippen LogP contribution in [0, 0.1) is 0 Å². The Balaban J connectivity index is 1.40. The van der Waals surface area contributed by atoms with Gasteiger partial charge in [0.2, 0.25) is 5.91 Å². The van der Waals surface area contributed by atoms with Crippen molar-refractivity contribution in [1.29, 1.82) is 0 Å². The van der Waals surface area contributed by atoms with Gasteiger partial charge in [-0.2, -0.15) is 0 Å². The molecular formula is C38H43NO8. The van der Waals surface area contributed by atoms with E-state index in [2.05, 4.69) is 0 Å². The summed E-state index contributed by atoms with van der Waals surface area (Å²) in [4.78, 5) is 14.7. The molecule has 0 saturated carbocycles. The first-order valence-electron chi connectivity index (χ1n) is 15.8. The van der Waals surface area contributed by atoms with E-state index in [-0.39, 0.29) is 38.7 Å². The van der Waals surface area contributed by atoms with Gasteiger partial charge in [0.05, 0.1) is 59.2 Å². The molecule has 0 aromatic heterocycles. The number of carbonyl (C=O) groups excluding carboxylic acids is 1. The molecule has 248 valence electrons. The Morgan fingerprint density at radius 1 is 0.702 bits per heavy atom. The SMILES string of the molecule is COc1ccc(COC[C@H](OCc2ccccc2)[C@@H](OCc2ccccc2)[C@H](O)[C@H]2[C@H](O)CC(=O)N2Cc2ccc(OC)cc2)cc1. The number of amides is 1. The summed E-state index contributed by atoms with van der Waals surface area (Å²) in [6.45, 7) is 1.02. The molecule has 9 heteroatoms. The molecule has 1 fully saturated rings. The van der Waals surface area contributed by atoms with Crippen molar-refractivity contribution in [3.05, 3.63) is 131 Å². The third kappa shape index (κ3) is 9.41. The van der Waals surface area contributed by atoms with Crippen LogP contribution in [0.2, 0.25) is 0 Å². The molecule has 1 aliphatic heterocycles. The van der Waals surface area contributed by atoms with Gasteiger partial charge < -0.3 is 38.8 Å². The average Bonchev–Trinajstić information content (AvgIpc) is 3.39. The maximum atomic E-state index is 13.2. The second kappa shape index (κ2) is 17.1. The lowest BCUT2D eigenvalue weighted by Gasteiger charge is -2.38. The first-order valence-corrected chi connectivity index (χ1v) is 15.8. The molecule has 0 radical (unpaired) electrons. The third-order valence-corrected chi connectivity index (χ3v) is 8.33. The average molecular weight is 642 g/mol. The highest BCUT2D eigenvalue weighted by Crippen LogP contribution is 2.30. The number of rotatable bonds is 17. The molecule has 4 aromatic rings. The Kier molecular flexibility index (Phi) is 12.4. The summed E-state index contributed by atoms with van der Waals surface area (Å²) < 4.78 is 29.6. The largest absolute Gasteiger partial charge is 0.497 e. The molecule has 1 saturated heterocycles. The molecule has 1 amide bonds. The first-order chi connectivity index (χ1) is 22.9. The van der Waals surface area contributed by atoms with Crippen molar-refractivity contribution in [3.63, 3.8) is 0 Å². The predicted octanol–water partition coefficient (Wildman–Crippen LogP) is 4.91. The Hall–Kier alpha value is -4.25. The maximum Gasteiger partial charge on any atom is 0.225 e. The van der Waals surface area contributed by atoms with E-state index in [4.69, 9.17) is 23.7 Å². The van der Waals surface area contributed by atoms with Crippen molar-refractivity contribution in [1.82, 2.24) is 4.90 Å². The van der Waals surface area contributed by atoms with E-state index in [0.717, 1.165) is 28.0 Å². The molecule has 4 aromatic carbocycles. The van der Waals surface area contributed by atoms with E-state index >= 15 is 0 Å². The van der Waals surface area contributed by atoms with Gasteiger partial charge in [-0.05, 0) is 46.5 Å². The highest BCUT2D eigenvalue weighted by atomic mass is 16.6. The second-order valence-electron chi connectivity index (χ2n) is 11.6. The van der Waals surface area contributed by atoms with Crippen LogP contribution in [-0.4, -0.2) is 72.3 Å². The fourth-order valence-corrected chi connectivity index (χ4v) is 5.74. The van der Waals surface area contributed by atoms with Gasteiger partial charge in [-0.25, -0.2) is 0 Å². The van der Waals surface area contributed by atoms with Crippen LogP contribution in [0.25, 0.3) is 0 Å². The van der Waals surface area contributed by atoms with Crippen molar-refractivity contribution >= 4 is 5.91 Å². The van der Waals surface area contributed by atoms with Crippen LogP contribution in [0.4, 0.5) is 0 Å². The van der Waals surface area contributed by atoms with Gasteiger partial charge in [0, 0.05) is 6.54 Å². The molecule has 0 spiro atoms. The van der Waals surface area contributed by atoms with Gasteiger partial charge in [-0.1, -0.05) is 84.9 Å². The molecule has 2 N–H and O–H groups in total. The van der Waals surface area contributed by atoms with Gasteiger partial charge in [-0.15, -0.1) is 0 Å². The summed E-state index contributed by atoms with van der Waals surface area (Å²) in [7, 11) is 3.21. The van der Waals surface area contributed by atoms with Gasteiger partial charge in [0.1, 0.15) is 29.8 Å². The number of hydrogen-bond acceptors (Lipinski definition) is 8. The number of nitrogens with zero attached hydrogens (tertiary/aromatic N) is 1. The zero-order valence-electron chi connectivity index (χ0n) is 26.8. The van der Waals surface area contributed by atoms with E-state index in [1.807, 2.05) is 109 Å². The predicted molar refractivity (Wildman–Crippen MR) is 177 cm³/mol. The summed E-state index contributed by atoms with van der Waals surface area (Å²) in [6.07, 6.45) is -4.22. The molecular weight excluding hydrogens is 598 g/mol. The summed E-state index contributed by atoms with van der Waals surface area (Å²) in [6, 6.07) is 33.4. The van der Waals surface area contributed by atoms with Crippen LogP contribution in [0.1, 0.15) is 28.7 Å². The summed E-state index contributed by atoms with van der Waals surface area (Å²) in [5.74, 6) is 1.19. The lowest BCUT2D eigenvalue weighted by molar-refractivity contribution is -0.172. The van der Waals surface area contributed by atoms with Crippen LogP contribution < -0.4 is 9.47 Å². The van der Waals surface area contributed by atoms with Crippen LogP contribution >= 0.6 is 0 Å². The molecule has 0 aliphatic carbocycles. The highest BCUT2D eigenvalue weighted by Gasteiger charge is 2.47. The Labute approximate surface area is 276 Å². The molecule has 0 bridgehead atoms. The van der Waals surface area contributed by atoms with Gasteiger partial charge in [-0.3, -0.25) is 4.79 Å². The number of hydrogen-bond donors (Lipinski definition) is 2. The standard InChI is InChI=1S/C38H43NO8/c1-43-31-17-13-27(14-18-31)22-39-35(41)21-33(40)36(39)37(42)38(47-25-29-11-7-4-8-12-29)34(46-24-28-9-5-3-6-10-28)26-45-23-30-15-19-32(44-2)20-16-30/h3-20,33-34,36-38,40,42H,21-26H2,1-2H3/t33-,34+,36-,37-,38-/m1/s1. The first kappa shape index (κ1) is 34.1. The normalized spacial score (nSPS) is 18.1. The van der Waals surface area contributed by atoms with Crippen molar-refractivity contribution in [2.24, 2.45) is 0 Å². The lowest BCUT2D eigenvalue weighted by Crippen LogP contribution is -2.55. The smallest absolute Gasteiger partial charge is 0.225 e. The maximum absolute atomic E-state index is 13.2. The number of aliphatic hydroxyl groups is 2. The number of carbonyl (C=O) groups is 1. The van der Waals surface area contributed by atoms with Crippen molar-refractivity contribution < 1.29 is 38.7 Å². The number of methoxy groups -OCH3 is 2. The summed E-state index contributed by atoms with van der Waals surface area (Å²) >= 11 is 0. The third-order valence-electron chi connectivity index (χ3n) is 8.33. The molecule has 0 unspecified atom stereocenters. The van der Waals surface area contributed by atoms with Crippen LogP contribution in [0.15, 0.2) is 109 Å². The van der Waals surface area contributed by atoms with Gasteiger partial charge in [0.25, 0.3) is 0 Å². The monoisotopic (exact) mass is 641 g/mol. The molecule has 9 nitrogen and oxygen atoms in total. The fraction of sp³-hybridized carbons (Fsp3) is 0.342. The zero-order chi connectivity index (χ0) is 33.0. The molecule has 1 aliphatic rings. The van der Waals surface area contributed by atoms with Crippen LogP contribution in [0.5, 0.6) is 11.5 Å². The Morgan fingerprint density at radius 2 is 1.21 bits per heavy atom. The van der Waals surface area contributed by atoms with Crippen LogP contribution in [-0.2, 0) is 45.4 Å². The minimum absolute atomic E-state index is 0.0879. The zero-order valence-corrected chi connectivity index (χ0v) is 26.8. The lowest BCUT2D eigenvalue weighted by atomic mass is 9.96. The quantitative estimate of drug-likeness (QED) is 0.168. The fourth-order valence-electron chi connectivity index (χ4n) is 5.74. The van der Waals surface area contributed by atoms with Crippen molar-refractivity contribution in [3.8, 4) is 11.5 Å². The van der Waals surface area contributed by atoms with Crippen LogP contribution in [0.3, 0.4) is 0 Å². The summed E-state index contributed by atoms with van der Waals surface area (Å²) in [5, 5.41) is 23.3. The summed E-state index contributed by atoms with van der Waals surface area (Å²) in [5.41, 5.74) is 3.63. The van der Waals surface area contributed by atoms with E-state index in [0.29, 0.717) is 12.4 Å². The second-order valence-corrected chi connectivity index (χ2v) is 11.6. The van der Waals surface area contributed by atoms with E-state index in [9.17, 15) is 15.0 Å². The highest BCUT2D eigenvalue weighted by molar-refractivity contribution is 5.80. The van der Waals surface area contributed by atoms with E-state index < -0.39 is 30.5 Å². The number of aliphatic hydroxyl groups excluding tert-OH is 2. The minimum Gasteiger partial charge on any atom is -0.497 e. The molecule has 1 heterocycles. The molecule has 5 atom stereocenters. The van der Waals surface area contributed by atoms with E-state index in [1.54, 1.807) is 14.2 Å².